The molecule has 5 N–H and O–H groups in total. The Morgan fingerprint density at radius 1 is 1.39 bits per heavy atom. The van der Waals surface area contributed by atoms with Crippen molar-refractivity contribution < 1.29 is 33.1 Å². The van der Waals surface area contributed by atoms with E-state index in [1.807, 2.05) is 0 Å². The van der Waals surface area contributed by atoms with Gasteiger partial charge in [0.1, 0.15) is 5.70 Å². The van der Waals surface area contributed by atoms with Crippen molar-refractivity contribution in [2.24, 2.45) is 17.6 Å². The topological polar surface area (TPSA) is 145 Å². The molecule has 3 rings (SSSR count). The lowest BCUT2D eigenvalue weighted by atomic mass is 9.78. The van der Waals surface area contributed by atoms with Crippen LogP contribution in [0.5, 0.6) is 0 Å². The van der Waals surface area contributed by atoms with Crippen molar-refractivity contribution in [3.8, 4) is 0 Å². The Labute approximate surface area is 194 Å². The molecule has 0 aromatic carbocycles. The second kappa shape index (κ2) is 9.18. The molecule has 10 nitrogen and oxygen atoms in total. The van der Waals surface area contributed by atoms with Crippen LogP contribution in [0.4, 0.5) is 8.78 Å². The number of aliphatic carboxylic acids is 1. The molecule has 0 spiro atoms. The lowest BCUT2D eigenvalue weighted by molar-refractivity contribution is -0.160. The van der Waals surface area contributed by atoms with Gasteiger partial charge in [0.05, 0.1) is 24.5 Å². The summed E-state index contributed by atoms with van der Waals surface area (Å²) in [6.07, 6.45) is 0.507. The number of β-lactam (4-membered cyclic amide) rings is 1. The summed E-state index contributed by atoms with van der Waals surface area (Å²) >= 11 is 1.33. The number of carbonyl (C=O) groups excluding carboxylic acids is 3. The van der Waals surface area contributed by atoms with Gasteiger partial charge in [-0.1, -0.05) is 6.92 Å². The number of hydrogen-bond acceptors (Lipinski definition) is 7. The van der Waals surface area contributed by atoms with Crippen molar-refractivity contribution in [1.82, 2.24) is 20.4 Å². The average Bonchev–Trinajstić information content (AvgIpc) is 3.29. The largest absolute Gasteiger partial charge is 0.477 e. The lowest BCUT2D eigenvalue weighted by Gasteiger charge is -2.47. The number of carboxylic acid groups (broad SMARTS) is 1. The molecule has 0 radical (unpaired) electrons. The standard InChI is InChI=1S/C20H29F2N5O5S/c1-8-13-12(9(2)25-19(32)20(21,22)7-23)17(29)27(13)14(18(30)31)15(8)33-10-5-11(24-6-10)16(28)26(3)4/h8-13,24H,5-7,23H2,1-4H3,(H,25,32)(H,30,31)/t8-,9-,10?,11?,12-,13+/m1/s1. The van der Waals surface area contributed by atoms with Crippen LogP contribution in [-0.2, 0) is 19.2 Å². The molecule has 2 saturated heterocycles. The molecule has 3 amide bonds. The van der Waals surface area contributed by atoms with E-state index in [0.29, 0.717) is 17.9 Å². The average molecular weight is 490 g/mol. The van der Waals surface area contributed by atoms with Gasteiger partial charge in [-0.25, -0.2) is 4.79 Å². The first-order valence-electron chi connectivity index (χ1n) is 10.6. The van der Waals surface area contributed by atoms with Gasteiger partial charge in [0.2, 0.25) is 11.8 Å². The number of nitrogens with one attached hydrogen (secondary N) is 2. The van der Waals surface area contributed by atoms with Gasteiger partial charge in [0, 0.05) is 42.8 Å². The summed E-state index contributed by atoms with van der Waals surface area (Å²) in [5.41, 5.74) is 4.82. The predicted octanol–water partition coefficient (Wildman–Crippen LogP) is -0.590. The van der Waals surface area contributed by atoms with E-state index in [1.54, 1.807) is 21.0 Å². The number of halogens is 2. The summed E-state index contributed by atoms with van der Waals surface area (Å²) in [6.45, 7) is 2.57. The quantitative estimate of drug-likeness (QED) is 0.331. The first-order chi connectivity index (χ1) is 15.3. The van der Waals surface area contributed by atoms with Gasteiger partial charge in [-0.05, 0) is 13.3 Å². The predicted molar refractivity (Wildman–Crippen MR) is 116 cm³/mol. The highest BCUT2D eigenvalue weighted by Gasteiger charge is 2.61. The van der Waals surface area contributed by atoms with Crippen molar-refractivity contribution in [1.29, 1.82) is 0 Å². The number of fused-ring (bicyclic) bond motifs is 1. The van der Waals surface area contributed by atoms with Gasteiger partial charge < -0.3 is 31.3 Å². The molecule has 0 aromatic rings. The number of nitrogens with two attached hydrogens (primary N) is 1. The normalized spacial score (nSPS) is 30.1. The maximum Gasteiger partial charge on any atom is 0.353 e. The van der Waals surface area contributed by atoms with Crippen LogP contribution in [0.2, 0.25) is 0 Å². The summed E-state index contributed by atoms with van der Waals surface area (Å²) in [7, 11) is 3.32. The van der Waals surface area contributed by atoms with Crippen LogP contribution >= 0.6 is 11.8 Å². The zero-order valence-corrected chi connectivity index (χ0v) is 19.6. The molecule has 184 valence electrons. The Hall–Kier alpha value is -2.25. The minimum Gasteiger partial charge on any atom is -0.477 e. The van der Waals surface area contributed by atoms with Crippen molar-refractivity contribution in [2.75, 3.05) is 27.2 Å². The third-order valence-electron chi connectivity index (χ3n) is 6.40. The van der Waals surface area contributed by atoms with Gasteiger partial charge in [0.25, 0.3) is 5.91 Å². The van der Waals surface area contributed by atoms with Gasteiger partial charge >= 0.3 is 11.9 Å². The van der Waals surface area contributed by atoms with E-state index < -0.39 is 48.3 Å². The number of hydrogen-bond donors (Lipinski definition) is 4. The van der Waals surface area contributed by atoms with E-state index in [-0.39, 0.29) is 28.8 Å². The minimum absolute atomic E-state index is 0.0667. The number of alkyl halides is 2. The number of carbonyl (C=O) groups is 4. The smallest absolute Gasteiger partial charge is 0.353 e. The molecular formula is C20H29F2N5O5S. The number of thioether (sulfide) groups is 1. The molecule has 2 fully saturated rings. The Balaban J connectivity index is 1.75. The lowest BCUT2D eigenvalue weighted by Crippen LogP contribution is -2.67. The van der Waals surface area contributed by atoms with Gasteiger partial charge in [0.15, 0.2) is 0 Å². The van der Waals surface area contributed by atoms with Crippen LogP contribution in [0.1, 0.15) is 20.3 Å². The fourth-order valence-corrected chi connectivity index (χ4v) is 6.14. The third-order valence-corrected chi connectivity index (χ3v) is 7.91. The van der Waals surface area contributed by atoms with E-state index in [4.69, 9.17) is 5.73 Å². The number of rotatable bonds is 8. The van der Waals surface area contributed by atoms with Crippen LogP contribution in [0, 0.1) is 11.8 Å². The minimum atomic E-state index is -3.76. The summed E-state index contributed by atoms with van der Waals surface area (Å²) in [5, 5.41) is 15.0. The molecule has 0 bridgehead atoms. The highest BCUT2D eigenvalue weighted by atomic mass is 32.2. The zero-order chi connectivity index (χ0) is 24.8. The van der Waals surface area contributed by atoms with E-state index in [2.05, 4.69) is 10.6 Å². The van der Waals surface area contributed by atoms with E-state index in [0.717, 1.165) is 0 Å². The number of nitrogens with zero attached hydrogens (tertiary/aromatic N) is 2. The number of carboxylic acids is 1. The first kappa shape index (κ1) is 25.4. The van der Waals surface area contributed by atoms with Crippen molar-refractivity contribution in [3.05, 3.63) is 10.6 Å². The summed E-state index contributed by atoms with van der Waals surface area (Å²) in [5.74, 6) is -8.39. The molecule has 3 heterocycles. The third kappa shape index (κ3) is 4.45. The van der Waals surface area contributed by atoms with Gasteiger partial charge in [-0.2, -0.15) is 8.78 Å². The fraction of sp³-hybridized carbons (Fsp3) is 0.700. The highest BCUT2D eigenvalue weighted by Crippen LogP contribution is 2.51. The maximum atomic E-state index is 13.6. The molecule has 13 heteroatoms. The molecule has 6 atom stereocenters. The first-order valence-corrected chi connectivity index (χ1v) is 11.5. The SMILES string of the molecule is C[C@@H](NC(=O)C(F)(F)CN)[C@H]1C(=O)N2C(C(=O)O)=C(SC3CNC(C(=O)N(C)C)C3)[C@H](C)[C@@H]12. The Morgan fingerprint density at radius 2 is 2.03 bits per heavy atom. The Kier molecular flexibility index (Phi) is 7.06. The highest BCUT2D eigenvalue weighted by molar-refractivity contribution is 8.03. The maximum absolute atomic E-state index is 13.6. The molecule has 0 saturated carbocycles. The van der Waals surface area contributed by atoms with E-state index in [9.17, 15) is 33.1 Å². The Morgan fingerprint density at radius 3 is 2.58 bits per heavy atom. The van der Waals surface area contributed by atoms with Crippen molar-refractivity contribution >= 4 is 35.5 Å². The van der Waals surface area contributed by atoms with Crippen LogP contribution in [0.3, 0.4) is 0 Å². The Bertz CT molecular complexity index is 898. The number of likely N-dealkylation sites (N-methyl/N-ethyl adjacent to an activating group) is 1. The van der Waals surface area contributed by atoms with Crippen LogP contribution in [0.15, 0.2) is 10.6 Å². The molecule has 2 unspecified atom stereocenters. The second-order valence-electron chi connectivity index (χ2n) is 8.87. The van der Waals surface area contributed by atoms with Crippen LogP contribution in [0.25, 0.3) is 0 Å². The molecule has 3 aliphatic rings. The van der Waals surface area contributed by atoms with Crippen molar-refractivity contribution in [2.45, 2.75) is 49.6 Å². The number of amides is 3. The fourth-order valence-electron chi connectivity index (χ4n) is 4.66. The molecule has 0 aliphatic carbocycles. The van der Waals surface area contributed by atoms with Gasteiger partial charge in [-0.3, -0.25) is 14.4 Å². The van der Waals surface area contributed by atoms with Crippen molar-refractivity contribution in [3.63, 3.8) is 0 Å². The van der Waals surface area contributed by atoms with Crippen LogP contribution < -0.4 is 16.4 Å². The second-order valence-corrected chi connectivity index (χ2v) is 10.2. The van der Waals surface area contributed by atoms with E-state index in [1.165, 1.54) is 28.5 Å². The molecule has 33 heavy (non-hydrogen) atoms. The molecule has 0 aromatic heterocycles. The monoisotopic (exact) mass is 489 g/mol. The van der Waals surface area contributed by atoms with Gasteiger partial charge in [-0.15, -0.1) is 11.8 Å². The summed E-state index contributed by atoms with van der Waals surface area (Å²) in [4.78, 5) is 52.1. The zero-order valence-electron chi connectivity index (χ0n) is 18.8. The van der Waals surface area contributed by atoms with Crippen LogP contribution in [-0.4, -0.2) is 95.1 Å². The summed E-state index contributed by atoms with van der Waals surface area (Å²) in [6, 6.07) is -1.86. The summed E-state index contributed by atoms with van der Waals surface area (Å²) < 4.78 is 27.1. The molecular weight excluding hydrogens is 460 g/mol. The van der Waals surface area contributed by atoms with E-state index >= 15 is 0 Å². The molecule has 3 aliphatic heterocycles.